The Kier molecular flexibility index (Phi) is 5.61. The molecule has 0 unspecified atom stereocenters. The average molecular weight is 386 g/mol. The number of alkyl halides is 12. The third-order valence-corrected chi connectivity index (χ3v) is 2.68. The molecule has 0 spiro atoms. The van der Waals surface area contributed by atoms with Crippen molar-refractivity contribution >= 4 is 5.97 Å². The minimum absolute atomic E-state index is 1.85. The number of halogens is 12. The molecule has 0 saturated heterocycles. The van der Waals surface area contributed by atoms with Gasteiger partial charge in [-0.15, -0.1) is 0 Å². The standard InChI is InChI=1S/C10H6F12O2/c1-3(4(23)24)2-6(13,14)8(17,18)10(21,22)9(19,20)7(15,16)5(11)12/h5H,1-2H2,(H,23,24). The first kappa shape index (κ1) is 22.4. The molecule has 24 heavy (non-hydrogen) atoms. The van der Waals surface area contributed by atoms with Crippen molar-refractivity contribution in [3.63, 3.8) is 0 Å². The summed E-state index contributed by atoms with van der Waals surface area (Å²) in [6.07, 6.45) is -8.42. The Labute approximate surface area is 124 Å². The second-order valence-electron chi connectivity index (χ2n) is 4.44. The largest absolute Gasteiger partial charge is 0.478 e. The summed E-state index contributed by atoms with van der Waals surface area (Å²) in [5, 5.41) is 8.14. The van der Waals surface area contributed by atoms with Gasteiger partial charge in [-0.2, -0.15) is 43.9 Å². The lowest BCUT2D eigenvalue weighted by atomic mass is 9.91. The molecule has 0 atom stereocenters. The van der Waals surface area contributed by atoms with Crippen molar-refractivity contribution < 1.29 is 62.6 Å². The lowest BCUT2D eigenvalue weighted by Gasteiger charge is -2.39. The maximum atomic E-state index is 13.1. The monoisotopic (exact) mass is 386 g/mol. The van der Waals surface area contributed by atoms with Crippen molar-refractivity contribution in [2.24, 2.45) is 0 Å². The molecule has 0 aromatic carbocycles. The summed E-state index contributed by atoms with van der Waals surface area (Å²) >= 11 is 0. The minimum Gasteiger partial charge on any atom is -0.478 e. The fraction of sp³-hybridized carbons (Fsp3) is 0.700. The SMILES string of the molecule is C=C(CC(F)(F)C(F)(F)C(F)(F)C(F)(F)C(F)(F)C(F)F)C(=O)O. The Morgan fingerprint density at radius 2 is 1.21 bits per heavy atom. The Morgan fingerprint density at radius 3 is 1.50 bits per heavy atom. The molecule has 0 rings (SSSR count). The summed E-state index contributed by atoms with van der Waals surface area (Å²) in [5.41, 5.74) is -1.85. The van der Waals surface area contributed by atoms with E-state index >= 15 is 0 Å². The molecule has 0 heterocycles. The number of rotatable bonds is 8. The lowest BCUT2D eigenvalue weighted by molar-refractivity contribution is -0.412. The molecule has 0 bridgehead atoms. The normalized spacial score (nSPS) is 14.9. The topological polar surface area (TPSA) is 37.3 Å². The van der Waals surface area contributed by atoms with Gasteiger partial charge in [-0.3, -0.25) is 0 Å². The second kappa shape index (κ2) is 6.02. The van der Waals surface area contributed by atoms with Gasteiger partial charge in [0.2, 0.25) is 0 Å². The third-order valence-electron chi connectivity index (χ3n) is 2.68. The molecule has 0 radical (unpaired) electrons. The number of carbonyl (C=O) groups is 1. The van der Waals surface area contributed by atoms with Crippen molar-refractivity contribution in [2.45, 2.75) is 42.5 Å². The van der Waals surface area contributed by atoms with Gasteiger partial charge >= 0.3 is 42.0 Å². The van der Waals surface area contributed by atoms with Crippen LogP contribution in [0.1, 0.15) is 6.42 Å². The smallest absolute Gasteiger partial charge is 0.384 e. The van der Waals surface area contributed by atoms with Gasteiger partial charge in [0.15, 0.2) is 0 Å². The number of hydrogen-bond donors (Lipinski definition) is 1. The zero-order valence-corrected chi connectivity index (χ0v) is 10.9. The van der Waals surface area contributed by atoms with E-state index in [1.165, 1.54) is 0 Å². The molecule has 0 amide bonds. The van der Waals surface area contributed by atoms with Crippen molar-refractivity contribution in [1.29, 1.82) is 0 Å². The predicted molar refractivity (Wildman–Crippen MR) is 52.1 cm³/mol. The highest BCUT2D eigenvalue weighted by molar-refractivity contribution is 5.85. The van der Waals surface area contributed by atoms with Crippen molar-refractivity contribution in [2.75, 3.05) is 0 Å². The highest BCUT2D eigenvalue weighted by atomic mass is 19.4. The number of aliphatic carboxylic acids is 1. The summed E-state index contributed by atoms with van der Waals surface area (Å²) in [5.74, 6) is -38.4. The fourth-order valence-electron chi connectivity index (χ4n) is 1.23. The van der Waals surface area contributed by atoms with E-state index in [0.717, 1.165) is 0 Å². The lowest BCUT2D eigenvalue weighted by Crippen LogP contribution is -2.68. The first-order valence-electron chi connectivity index (χ1n) is 5.35. The van der Waals surface area contributed by atoms with Gasteiger partial charge in [0.05, 0.1) is 0 Å². The predicted octanol–water partition coefficient (Wildman–Crippen LogP) is 4.46. The van der Waals surface area contributed by atoms with Crippen LogP contribution in [0.25, 0.3) is 0 Å². The first-order valence-corrected chi connectivity index (χ1v) is 5.35. The van der Waals surface area contributed by atoms with Crippen LogP contribution in [0.3, 0.4) is 0 Å². The van der Waals surface area contributed by atoms with Crippen LogP contribution in [0, 0.1) is 0 Å². The van der Waals surface area contributed by atoms with E-state index in [1.807, 2.05) is 0 Å². The van der Waals surface area contributed by atoms with E-state index in [4.69, 9.17) is 5.11 Å². The molecule has 0 aromatic heterocycles. The molecule has 2 nitrogen and oxygen atoms in total. The molecule has 14 heteroatoms. The Bertz CT molecular complexity index is 510. The van der Waals surface area contributed by atoms with E-state index in [2.05, 4.69) is 6.58 Å². The Morgan fingerprint density at radius 1 is 0.833 bits per heavy atom. The summed E-state index contributed by atoms with van der Waals surface area (Å²) in [7, 11) is 0. The molecular formula is C10H6F12O2. The van der Waals surface area contributed by atoms with Crippen molar-refractivity contribution in [1.82, 2.24) is 0 Å². The molecule has 0 aliphatic rings. The zero-order chi connectivity index (χ0) is 19.9. The Hall–Kier alpha value is -1.63. The number of carboxylic acid groups (broad SMARTS) is 1. The van der Waals surface area contributed by atoms with Crippen LogP contribution in [0.5, 0.6) is 0 Å². The van der Waals surface area contributed by atoms with E-state index < -0.39 is 54.0 Å². The number of hydrogen-bond acceptors (Lipinski definition) is 1. The molecule has 142 valence electrons. The first-order chi connectivity index (χ1) is 10.3. The van der Waals surface area contributed by atoms with Crippen LogP contribution < -0.4 is 0 Å². The van der Waals surface area contributed by atoms with Crippen LogP contribution in [0.2, 0.25) is 0 Å². The maximum Gasteiger partial charge on any atom is 0.384 e. The highest BCUT2D eigenvalue weighted by Gasteiger charge is 2.87. The van der Waals surface area contributed by atoms with Crippen LogP contribution in [0.15, 0.2) is 12.2 Å². The summed E-state index contributed by atoms with van der Waals surface area (Å²) < 4.78 is 153. The molecular weight excluding hydrogens is 380 g/mol. The van der Waals surface area contributed by atoms with Crippen molar-refractivity contribution in [3.05, 3.63) is 12.2 Å². The van der Waals surface area contributed by atoms with Crippen LogP contribution in [-0.4, -0.2) is 47.1 Å². The zero-order valence-electron chi connectivity index (χ0n) is 10.9. The molecule has 0 aliphatic heterocycles. The quantitative estimate of drug-likeness (QED) is 0.494. The van der Waals surface area contributed by atoms with Gasteiger partial charge in [-0.25, -0.2) is 13.6 Å². The minimum atomic E-state index is -7.66. The van der Waals surface area contributed by atoms with E-state index in [-0.39, 0.29) is 0 Å². The molecule has 0 aromatic rings. The van der Waals surface area contributed by atoms with Crippen LogP contribution >= 0.6 is 0 Å². The second-order valence-corrected chi connectivity index (χ2v) is 4.44. The number of carboxylic acids is 1. The van der Waals surface area contributed by atoms with Gasteiger partial charge in [-0.1, -0.05) is 6.58 Å². The van der Waals surface area contributed by atoms with Crippen molar-refractivity contribution in [3.8, 4) is 0 Å². The summed E-state index contributed by atoms with van der Waals surface area (Å²) in [4.78, 5) is 10.2. The van der Waals surface area contributed by atoms with Gasteiger partial charge in [0, 0.05) is 12.0 Å². The van der Waals surface area contributed by atoms with Gasteiger partial charge in [0.25, 0.3) is 0 Å². The van der Waals surface area contributed by atoms with E-state index in [9.17, 15) is 57.5 Å². The summed E-state index contributed by atoms with van der Waals surface area (Å²) in [6.45, 7) is 2.26. The van der Waals surface area contributed by atoms with E-state index in [0.29, 0.717) is 0 Å². The summed E-state index contributed by atoms with van der Waals surface area (Å²) in [6, 6.07) is 0. The molecule has 1 N–H and O–H groups in total. The molecule has 0 fully saturated rings. The Balaban J connectivity index is 6.07. The fourth-order valence-corrected chi connectivity index (χ4v) is 1.23. The van der Waals surface area contributed by atoms with Crippen LogP contribution in [-0.2, 0) is 4.79 Å². The van der Waals surface area contributed by atoms with Gasteiger partial charge in [-0.05, 0) is 0 Å². The molecule has 0 aliphatic carbocycles. The highest BCUT2D eigenvalue weighted by Crippen LogP contribution is 2.58. The van der Waals surface area contributed by atoms with E-state index in [1.54, 1.807) is 0 Å². The third kappa shape index (κ3) is 3.14. The molecule has 0 saturated carbocycles. The van der Waals surface area contributed by atoms with Gasteiger partial charge in [0.1, 0.15) is 0 Å². The van der Waals surface area contributed by atoms with Gasteiger partial charge < -0.3 is 5.11 Å². The maximum absolute atomic E-state index is 13.1. The van der Waals surface area contributed by atoms with Crippen LogP contribution in [0.4, 0.5) is 52.7 Å². The average Bonchev–Trinajstić information content (AvgIpc) is 2.36.